The van der Waals surface area contributed by atoms with Gasteiger partial charge in [0.2, 0.25) is 0 Å². The Bertz CT molecular complexity index is 258. The van der Waals surface area contributed by atoms with E-state index in [0.717, 1.165) is 6.54 Å². The van der Waals surface area contributed by atoms with Crippen molar-refractivity contribution in [3.8, 4) is 0 Å². The van der Waals surface area contributed by atoms with Crippen molar-refractivity contribution < 1.29 is 0 Å². The maximum absolute atomic E-state index is 5.90. The molecule has 2 N–H and O–H groups in total. The molecule has 0 aromatic rings. The van der Waals surface area contributed by atoms with Gasteiger partial charge in [-0.2, -0.15) is 0 Å². The van der Waals surface area contributed by atoms with Crippen LogP contribution in [0.1, 0.15) is 58.8 Å². The standard InChI is InChI=1S/C15H29N3/c1-3-4-5-6-7-8-9-10-11-15-17-12-13-18(15)14(2)16/h10-12,14-15H,3-9,13,16H2,1-2H3/b11-10+. The number of rotatable bonds is 9. The van der Waals surface area contributed by atoms with Crippen molar-refractivity contribution in [2.45, 2.75) is 71.1 Å². The molecule has 2 unspecified atom stereocenters. The van der Waals surface area contributed by atoms with Crippen LogP contribution in [-0.4, -0.2) is 30.0 Å². The molecule has 0 aromatic heterocycles. The first kappa shape index (κ1) is 15.4. The van der Waals surface area contributed by atoms with Crippen molar-refractivity contribution in [2.75, 3.05) is 6.54 Å². The molecule has 0 bridgehead atoms. The predicted molar refractivity (Wildman–Crippen MR) is 79.8 cm³/mol. The predicted octanol–water partition coefficient (Wildman–Crippen LogP) is 3.31. The summed E-state index contributed by atoms with van der Waals surface area (Å²) in [7, 11) is 0. The van der Waals surface area contributed by atoms with Crippen LogP contribution in [0, 0.1) is 0 Å². The highest BCUT2D eigenvalue weighted by Crippen LogP contribution is 2.12. The lowest BCUT2D eigenvalue weighted by Crippen LogP contribution is -2.42. The monoisotopic (exact) mass is 251 g/mol. The average Bonchev–Trinajstić information content (AvgIpc) is 2.81. The number of nitrogens with zero attached hydrogens (tertiary/aromatic N) is 2. The molecule has 0 saturated heterocycles. The molecule has 1 heterocycles. The van der Waals surface area contributed by atoms with E-state index in [-0.39, 0.29) is 12.3 Å². The van der Waals surface area contributed by atoms with E-state index in [2.05, 4.69) is 29.0 Å². The molecule has 1 aliphatic heterocycles. The number of hydrogen-bond acceptors (Lipinski definition) is 3. The van der Waals surface area contributed by atoms with E-state index in [0.29, 0.717) is 0 Å². The quantitative estimate of drug-likeness (QED) is 0.504. The molecule has 0 saturated carbocycles. The summed E-state index contributed by atoms with van der Waals surface area (Å²) in [5, 5.41) is 0. The van der Waals surface area contributed by atoms with Gasteiger partial charge in [0.05, 0.1) is 6.17 Å². The summed E-state index contributed by atoms with van der Waals surface area (Å²) in [5.41, 5.74) is 5.90. The van der Waals surface area contributed by atoms with Gasteiger partial charge in [0.25, 0.3) is 0 Å². The summed E-state index contributed by atoms with van der Waals surface area (Å²) in [6, 6.07) is 0. The third-order valence-electron chi connectivity index (χ3n) is 3.45. The van der Waals surface area contributed by atoms with Gasteiger partial charge in [-0.05, 0) is 25.8 Å². The average molecular weight is 251 g/mol. The van der Waals surface area contributed by atoms with Crippen LogP contribution in [0.5, 0.6) is 0 Å². The normalized spacial score (nSPS) is 22.1. The number of hydrogen-bond donors (Lipinski definition) is 1. The van der Waals surface area contributed by atoms with Gasteiger partial charge in [0.15, 0.2) is 0 Å². The largest absolute Gasteiger partial charge is 0.316 e. The molecule has 0 fully saturated rings. The Balaban J connectivity index is 2.07. The van der Waals surface area contributed by atoms with Crippen molar-refractivity contribution in [1.82, 2.24) is 4.90 Å². The zero-order valence-electron chi connectivity index (χ0n) is 12.0. The highest BCUT2D eigenvalue weighted by molar-refractivity contribution is 5.62. The maximum atomic E-state index is 5.90. The van der Waals surface area contributed by atoms with Crippen LogP contribution < -0.4 is 5.73 Å². The molecule has 3 nitrogen and oxygen atoms in total. The van der Waals surface area contributed by atoms with Crippen LogP contribution in [0.2, 0.25) is 0 Å². The lowest BCUT2D eigenvalue weighted by atomic mass is 10.1. The van der Waals surface area contributed by atoms with E-state index >= 15 is 0 Å². The molecule has 1 aliphatic rings. The number of aliphatic imine (C=N–C) groups is 1. The Labute approximate surface area is 112 Å². The van der Waals surface area contributed by atoms with E-state index in [9.17, 15) is 0 Å². The van der Waals surface area contributed by atoms with Crippen LogP contribution in [0.3, 0.4) is 0 Å². The second-order valence-electron chi connectivity index (χ2n) is 5.17. The van der Waals surface area contributed by atoms with Crippen LogP contribution in [0.25, 0.3) is 0 Å². The summed E-state index contributed by atoms with van der Waals surface area (Å²) < 4.78 is 0. The molecule has 0 aliphatic carbocycles. The highest BCUT2D eigenvalue weighted by atomic mass is 15.3. The van der Waals surface area contributed by atoms with Gasteiger partial charge >= 0.3 is 0 Å². The minimum absolute atomic E-state index is 0.0798. The second kappa shape index (κ2) is 9.29. The topological polar surface area (TPSA) is 41.6 Å². The van der Waals surface area contributed by atoms with Gasteiger partial charge < -0.3 is 5.73 Å². The molecule has 18 heavy (non-hydrogen) atoms. The zero-order valence-corrected chi connectivity index (χ0v) is 12.0. The third kappa shape index (κ3) is 5.78. The lowest BCUT2D eigenvalue weighted by molar-refractivity contribution is 0.224. The Morgan fingerprint density at radius 1 is 1.33 bits per heavy atom. The van der Waals surface area contributed by atoms with Crippen LogP contribution >= 0.6 is 0 Å². The fourth-order valence-corrected chi connectivity index (χ4v) is 2.27. The van der Waals surface area contributed by atoms with Gasteiger partial charge in [-0.25, -0.2) is 0 Å². The summed E-state index contributed by atoms with van der Waals surface area (Å²) in [4.78, 5) is 6.62. The molecule has 0 amide bonds. The molecule has 1 rings (SSSR count). The van der Waals surface area contributed by atoms with Gasteiger partial charge in [-0.3, -0.25) is 9.89 Å². The first-order valence-corrected chi connectivity index (χ1v) is 7.45. The third-order valence-corrected chi connectivity index (χ3v) is 3.45. The smallest absolute Gasteiger partial charge is 0.122 e. The van der Waals surface area contributed by atoms with Gasteiger partial charge in [-0.15, -0.1) is 0 Å². The molecule has 3 heteroatoms. The minimum Gasteiger partial charge on any atom is -0.316 e. The Morgan fingerprint density at radius 2 is 2.06 bits per heavy atom. The Morgan fingerprint density at radius 3 is 2.78 bits per heavy atom. The van der Waals surface area contributed by atoms with E-state index in [1.165, 1.54) is 44.9 Å². The molecule has 0 radical (unpaired) electrons. The maximum Gasteiger partial charge on any atom is 0.122 e. The number of allylic oxidation sites excluding steroid dienone is 1. The van der Waals surface area contributed by atoms with E-state index in [1.807, 2.05) is 13.1 Å². The molecule has 0 aromatic carbocycles. The van der Waals surface area contributed by atoms with Crippen molar-refractivity contribution in [3.63, 3.8) is 0 Å². The summed E-state index contributed by atoms with van der Waals surface area (Å²) in [5.74, 6) is 0. The highest BCUT2D eigenvalue weighted by Gasteiger charge is 2.20. The molecular formula is C15H29N3. The lowest BCUT2D eigenvalue weighted by Gasteiger charge is -2.24. The van der Waals surface area contributed by atoms with Gasteiger partial charge in [0.1, 0.15) is 6.17 Å². The first-order valence-electron chi connectivity index (χ1n) is 7.45. The second-order valence-corrected chi connectivity index (χ2v) is 5.17. The molecule has 2 atom stereocenters. The van der Waals surface area contributed by atoms with E-state index < -0.39 is 0 Å². The Kier molecular flexibility index (Phi) is 7.94. The van der Waals surface area contributed by atoms with Gasteiger partial charge in [0, 0.05) is 12.8 Å². The van der Waals surface area contributed by atoms with Crippen LogP contribution in [0.15, 0.2) is 17.1 Å². The van der Waals surface area contributed by atoms with Crippen LogP contribution in [0.4, 0.5) is 0 Å². The number of nitrogens with two attached hydrogens (primary N) is 1. The van der Waals surface area contributed by atoms with Gasteiger partial charge in [-0.1, -0.05) is 45.1 Å². The summed E-state index contributed by atoms with van der Waals surface area (Å²) in [6.45, 7) is 5.15. The fourth-order valence-electron chi connectivity index (χ4n) is 2.27. The zero-order chi connectivity index (χ0) is 13.2. The fraction of sp³-hybridized carbons (Fsp3) is 0.800. The summed E-state index contributed by atoms with van der Waals surface area (Å²) in [6.07, 6.45) is 16.0. The SMILES string of the molecule is CCCCCCCC/C=C/C1N=CCN1C(C)N. The van der Waals surface area contributed by atoms with Crippen molar-refractivity contribution in [1.29, 1.82) is 0 Å². The minimum atomic E-state index is 0.0798. The number of unbranched alkanes of at least 4 members (excludes halogenated alkanes) is 6. The molecule has 0 spiro atoms. The van der Waals surface area contributed by atoms with Crippen molar-refractivity contribution >= 4 is 6.21 Å². The Hall–Kier alpha value is -0.670. The molecular weight excluding hydrogens is 222 g/mol. The first-order chi connectivity index (χ1) is 8.75. The van der Waals surface area contributed by atoms with Crippen LogP contribution in [-0.2, 0) is 0 Å². The summed E-state index contributed by atoms with van der Waals surface area (Å²) >= 11 is 0. The van der Waals surface area contributed by atoms with E-state index in [4.69, 9.17) is 5.73 Å². The molecule has 104 valence electrons. The van der Waals surface area contributed by atoms with Crippen molar-refractivity contribution in [3.05, 3.63) is 12.2 Å². The van der Waals surface area contributed by atoms with E-state index in [1.54, 1.807) is 0 Å². The van der Waals surface area contributed by atoms with Crippen molar-refractivity contribution in [2.24, 2.45) is 10.7 Å².